The average molecular weight is 254 g/mol. The number of hydrogen-bond donors (Lipinski definition) is 1. The number of carbonyl (C=O) groups excluding carboxylic acids is 1. The zero-order valence-electron chi connectivity index (χ0n) is 10.9. The average Bonchev–Trinajstić information content (AvgIpc) is 2.97. The lowest BCUT2D eigenvalue weighted by Gasteiger charge is -2.11. The van der Waals surface area contributed by atoms with E-state index in [-0.39, 0.29) is 5.78 Å². The molecule has 3 heteroatoms. The number of carbonyl (C=O) groups is 1. The summed E-state index contributed by atoms with van der Waals surface area (Å²) >= 11 is 0. The standard InChI is InChI=1S/C16H18N2O/c19-16(11-18-13-6-2-3-7-13)15-10-17-9-12-5-1-4-8-14(12)15/h1,4-5,8-10,13,18H,2-3,6-7,11H2. The van der Waals surface area contributed by atoms with Crippen LogP contribution >= 0.6 is 0 Å². The zero-order valence-corrected chi connectivity index (χ0v) is 10.9. The van der Waals surface area contributed by atoms with Gasteiger partial charge in [-0.2, -0.15) is 0 Å². The Morgan fingerprint density at radius 2 is 2.00 bits per heavy atom. The topological polar surface area (TPSA) is 42.0 Å². The summed E-state index contributed by atoms with van der Waals surface area (Å²) in [4.78, 5) is 16.5. The largest absolute Gasteiger partial charge is 0.307 e. The SMILES string of the molecule is O=C(CNC1CCCC1)c1cncc2ccccc12. The lowest BCUT2D eigenvalue weighted by Crippen LogP contribution is -2.31. The van der Waals surface area contributed by atoms with Gasteiger partial charge in [0.1, 0.15) is 0 Å². The summed E-state index contributed by atoms with van der Waals surface area (Å²) in [6.45, 7) is 0.417. The number of hydrogen-bond acceptors (Lipinski definition) is 3. The summed E-state index contributed by atoms with van der Waals surface area (Å²) in [5.41, 5.74) is 0.726. The molecule has 1 heterocycles. The van der Waals surface area contributed by atoms with E-state index in [2.05, 4.69) is 10.3 Å². The molecule has 0 unspecified atom stereocenters. The van der Waals surface area contributed by atoms with E-state index in [9.17, 15) is 4.79 Å². The molecular weight excluding hydrogens is 236 g/mol. The van der Waals surface area contributed by atoms with Crippen LogP contribution in [0.25, 0.3) is 10.8 Å². The van der Waals surface area contributed by atoms with Gasteiger partial charge in [-0.3, -0.25) is 9.78 Å². The molecule has 1 aliphatic rings. The maximum atomic E-state index is 12.3. The number of nitrogens with zero attached hydrogens (tertiary/aromatic N) is 1. The van der Waals surface area contributed by atoms with Gasteiger partial charge in [0.05, 0.1) is 6.54 Å². The third-order valence-corrected chi connectivity index (χ3v) is 3.88. The number of pyridine rings is 1. The first-order valence-electron chi connectivity index (χ1n) is 6.94. The van der Waals surface area contributed by atoms with Crippen LogP contribution in [0, 0.1) is 0 Å². The van der Waals surface area contributed by atoms with Gasteiger partial charge in [-0.15, -0.1) is 0 Å². The Hall–Kier alpha value is -1.74. The molecule has 1 aromatic heterocycles. The maximum Gasteiger partial charge on any atom is 0.178 e. The lowest BCUT2D eigenvalue weighted by atomic mass is 10.0. The highest BCUT2D eigenvalue weighted by atomic mass is 16.1. The summed E-state index contributed by atoms with van der Waals surface area (Å²) in [6, 6.07) is 8.42. The van der Waals surface area contributed by atoms with E-state index in [1.165, 1.54) is 25.7 Å². The summed E-state index contributed by atoms with van der Waals surface area (Å²) in [5, 5.41) is 5.39. The molecule has 0 amide bonds. The predicted molar refractivity (Wildman–Crippen MR) is 76.3 cm³/mol. The molecule has 1 saturated carbocycles. The highest BCUT2D eigenvalue weighted by molar-refractivity contribution is 6.08. The second-order valence-corrected chi connectivity index (χ2v) is 5.19. The molecule has 0 bridgehead atoms. The van der Waals surface area contributed by atoms with Gasteiger partial charge in [-0.1, -0.05) is 37.1 Å². The zero-order chi connectivity index (χ0) is 13.1. The van der Waals surface area contributed by atoms with Crippen molar-refractivity contribution >= 4 is 16.6 Å². The van der Waals surface area contributed by atoms with Gasteiger partial charge < -0.3 is 5.32 Å². The van der Waals surface area contributed by atoms with Gasteiger partial charge in [0, 0.05) is 29.4 Å². The molecule has 1 aliphatic carbocycles. The molecule has 2 aromatic rings. The van der Waals surface area contributed by atoms with Crippen molar-refractivity contribution in [1.82, 2.24) is 10.3 Å². The van der Waals surface area contributed by atoms with Crippen LogP contribution in [0.1, 0.15) is 36.0 Å². The first-order chi connectivity index (χ1) is 9.34. The summed E-state index contributed by atoms with van der Waals surface area (Å²) in [7, 11) is 0. The first kappa shape index (κ1) is 12.3. The second kappa shape index (κ2) is 5.49. The van der Waals surface area contributed by atoms with Crippen molar-refractivity contribution in [3.8, 4) is 0 Å². The fourth-order valence-corrected chi connectivity index (χ4v) is 2.80. The number of benzene rings is 1. The molecule has 0 radical (unpaired) electrons. The lowest BCUT2D eigenvalue weighted by molar-refractivity contribution is 0.0988. The van der Waals surface area contributed by atoms with Gasteiger partial charge in [-0.25, -0.2) is 0 Å². The van der Waals surface area contributed by atoms with Gasteiger partial charge in [0.15, 0.2) is 5.78 Å². The van der Waals surface area contributed by atoms with Crippen LogP contribution in [0.15, 0.2) is 36.7 Å². The van der Waals surface area contributed by atoms with E-state index in [4.69, 9.17) is 0 Å². The Labute approximate surface area is 113 Å². The second-order valence-electron chi connectivity index (χ2n) is 5.19. The van der Waals surface area contributed by atoms with Crippen molar-refractivity contribution in [2.45, 2.75) is 31.7 Å². The number of Topliss-reactive ketones (excluding diaryl/α,β-unsaturated/α-hetero) is 1. The van der Waals surface area contributed by atoms with Crippen molar-refractivity contribution in [1.29, 1.82) is 0 Å². The quantitative estimate of drug-likeness (QED) is 0.853. The normalized spacial score (nSPS) is 16.0. The minimum Gasteiger partial charge on any atom is -0.307 e. The minimum atomic E-state index is 0.135. The summed E-state index contributed by atoms with van der Waals surface area (Å²) in [5.74, 6) is 0.135. The molecular formula is C16H18N2O. The third kappa shape index (κ3) is 2.66. The highest BCUT2D eigenvalue weighted by Crippen LogP contribution is 2.19. The van der Waals surface area contributed by atoms with E-state index in [1.807, 2.05) is 24.3 Å². The van der Waals surface area contributed by atoms with Gasteiger partial charge in [-0.05, 0) is 18.2 Å². The Balaban J connectivity index is 1.77. The summed E-state index contributed by atoms with van der Waals surface area (Å²) < 4.78 is 0. The van der Waals surface area contributed by atoms with Crippen LogP contribution in [-0.4, -0.2) is 23.4 Å². The highest BCUT2D eigenvalue weighted by Gasteiger charge is 2.16. The molecule has 0 spiro atoms. The van der Waals surface area contributed by atoms with E-state index < -0.39 is 0 Å². The number of aromatic nitrogens is 1. The van der Waals surface area contributed by atoms with Crippen molar-refractivity contribution in [3.05, 3.63) is 42.2 Å². The van der Waals surface area contributed by atoms with Crippen LogP contribution in [0.3, 0.4) is 0 Å². The third-order valence-electron chi connectivity index (χ3n) is 3.88. The molecule has 1 fully saturated rings. The number of rotatable bonds is 4. The first-order valence-corrected chi connectivity index (χ1v) is 6.94. The van der Waals surface area contributed by atoms with Gasteiger partial charge in [0.25, 0.3) is 0 Å². The van der Waals surface area contributed by atoms with Crippen molar-refractivity contribution in [2.24, 2.45) is 0 Å². The number of fused-ring (bicyclic) bond motifs is 1. The fourth-order valence-electron chi connectivity index (χ4n) is 2.80. The van der Waals surface area contributed by atoms with Crippen LogP contribution < -0.4 is 5.32 Å². The van der Waals surface area contributed by atoms with Crippen LogP contribution in [0.2, 0.25) is 0 Å². The Bertz CT molecular complexity index is 583. The molecule has 3 nitrogen and oxygen atoms in total. The summed E-state index contributed by atoms with van der Waals surface area (Å²) in [6.07, 6.45) is 8.43. The molecule has 0 saturated heterocycles. The minimum absolute atomic E-state index is 0.135. The Kier molecular flexibility index (Phi) is 3.56. The number of nitrogens with one attached hydrogen (secondary N) is 1. The van der Waals surface area contributed by atoms with Crippen LogP contribution in [0.5, 0.6) is 0 Å². The number of ketones is 1. The van der Waals surface area contributed by atoms with E-state index in [1.54, 1.807) is 12.4 Å². The van der Waals surface area contributed by atoms with Crippen LogP contribution in [0.4, 0.5) is 0 Å². The van der Waals surface area contributed by atoms with Crippen molar-refractivity contribution < 1.29 is 4.79 Å². The van der Waals surface area contributed by atoms with E-state index >= 15 is 0 Å². The smallest absolute Gasteiger partial charge is 0.178 e. The van der Waals surface area contributed by atoms with Gasteiger partial charge in [0.2, 0.25) is 0 Å². The van der Waals surface area contributed by atoms with Gasteiger partial charge >= 0.3 is 0 Å². The molecule has 19 heavy (non-hydrogen) atoms. The Morgan fingerprint density at radius 1 is 1.21 bits per heavy atom. The molecule has 1 aromatic carbocycles. The molecule has 3 rings (SSSR count). The maximum absolute atomic E-state index is 12.3. The van der Waals surface area contributed by atoms with E-state index in [0.29, 0.717) is 12.6 Å². The fraction of sp³-hybridized carbons (Fsp3) is 0.375. The molecule has 0 atom stereocenters. The monoisotopic (exact) mass is 254 g/mol. The van der Waals surface area contributed by atoms with Crippen molar-refractivity contribution in [3.63, 3.8) is 0 Å². The molecule has 0 aliphatic heterocycles. The molecule has 1 N–H and O–H groups in total. The van der Waals surface area contributed by atoms with Crippen LogP contribution in [-0.2, 0) is 0 Å². The Morgan fingerprint density at radius 3 is 2.84 bits per heavy atom. The predicted octanol–water partition coefficient (Wildman–Crippen LogP) is 2.95. The van der Waals surface area contributed by atoms with Crippen molar-refractivity contribution in [2.75, 3.05) is 6.54 Å². The van der Waals surface area contributed by atoms with E-state index in [0.717, 1.165) is 16.3 Å². The molecule has 98 valence electrons.